The molecule has 1 aromatic carbocycles. The molecular formula is C18H20O3. The highest BCUT2D eigenvalue weighted by atomic mass is 16.5. The van der Waals surface area contributed by atoms with Crippen molar-refractivity contribution in [1.29, 1.82) is 0 Å². The van der Waals surface area contributed by atoms with E-state index in [4.69, 9.17) is 4.74 Å². The van der Waals surface area contributed by atoms with E-state index in [-0.39, 0.29) is 17.9 Å². The Morgan fingerprint density at radius 1 is 1.19 bits per heavy atom. The van der Waals surface area contributed by atoms with Crippen LogP contribution in [0.1, 0.15) is 38.2 Å². The average Bonchev–Trinajstić information content (AvgIpc) is 2.97. The summed E-state index contributed by atoms with van der Waals surface area (Å²) in [6.07, 6.45) is 3.90. The summed E-state index contributed by atoms with van der Waals surface area (Å²) in [5, 5.41) is 0. The summed E-state index contributed by atoms with van der Waals surface area (Å²) in [6.45, 7) is 1.44. The second-order valence-corrected chi connectivity index (χ2v) is 5.92. The standard InChI is InChI=1S/C18H20O3/c1-12(19)21-17-10-8-14-11-16(20)15(18(14)17)9-7-13-5-3-2-4-6-13/h2-6,14,17H,7-11H2,1H3/t14-,17+/m0/s1. The molecule has 0 heterocycles. The minimum Gasteiger partial charge on any atom is -0.458 e. The zero-order valence-electron chi connectivity index (χ0n) is 12.3. The summed E-state index contributed by atoms with van der Waals surface area (Å²) in [4.78, 5) is 23.5. The van der Waals surface area contributed by atoms with Gasteiger partial charge in [0.2, 0.25) is 0 Å². The van der Waals surface area contributed by atoms with Crippen LogP contribution in [0.15, 0.2) is 41.5 Å². The minimum absolute atomic E-state index is 0.162. The van der Waals surface area contributed by atoms with Gasteiger partial charge in [-0.05, 0) is 48.3 Å². The molecule has 0 radical (unpaired) electrons. The fourth-order valence-corrected chi connectivity index (χ4v) is 3.61. The van der Waals surface area contributed by atoms with Crippen molar-refractivity contribution in [2.45, 2.75) is 45.1 Å². The van der Waals surface area contributed by atoms with Crippen molar-refractivity contribution in [1.82, 2.24) is 0 Å². The van der Waals surface area contributed by atoms with Crippen LogP contribution in [0.2, 0.25) is 0 Å². The molecule has 2 aliphatic rings. The minimum atomic E-state index is -0.255. The number of benzene rings is 1. The normalized spacial score (nSPS) is 24.3. The van der Waals surface area contributed by atoms with E-state index in [1.807, 2.05) is 18.2 Å². The summed E-state index contributed by atoms with van der Waals surface area (Å²) in [5.74, 6) is 0.310. The van der Waals surface area contributed by atoms with E-state index < -0.39 is 0 Å². The lowest BCUT2D eigenvalue weighted by molar-refractivity contribution is -0.144. The number of hydrogen-bond donors (Lipinski definition) is 0. The van der Waals surface area contributed by atoms with E-state index in [1.165, 1.54) is 12.5 Å². The Balaban J connectivity index is 1.78. The van der Waals surface area contributed by atoms with E-state index in [0.29, 0.717) is 12.3 Å². The van der Waals surface area contributed by atoms with Crippen molar-refractivity contribution in [2.75, 3.05) is 0 Å². The van der Waals surface area contributed by atoms with Gasteiger partial charge in [0.05, 0.1) is 0 Å². The number of hydrogen-bond acceptors (Lipinski definition) is 3. The fraction of sp³-hybridized carbons (Fsp3) is 0.444. The maximum absolute atomic E-state index is 12.2. The van der Waals surface area contributed by atoms with Gasteiger partial charge in [-0.25, -0.2) is 0 Å². The van der Waals surface area contributed by atoms with Crippen LogP contribution in [0.3, 0.4) is 0 Å². The lowest BCUT2D eigenvalue weighted by Gasteiger charge is -2.14. The summed E-state index contributed by atoms with van der Waals surface area (Å²) < 4.78 is 5.41. The van der Waals surface area contributed by atoms with Crippen molar-refractivity contribution in [2.24, 2.45) is 5.92 Å². The first-order chi connectivity index (χ1) is 10.1. The monoisotopic (exact) mass is 284 g/mol. The lowest BCUT2D eigenvalue weighted by atomic mass is 9.99. The molecule has 1 saturated carbocycles. The molecule has 2 atom stereocenters. The van der Waals surface area contributed by atoms with Crippen molar-refractivity contribution < 1.29 is 14.3 Å². The highest BCUT2D eigenvalue weighted by Gasteiger charge is 2.41. The highest BCUT2D eigenvalue weighted by molar-refractivity contribution is 5.99. The van der Waals surface area contributed by atoms with Crippen LogP contribution in [0.4, 0.5) is 0 Å². The Labute approximate surface area is 125 Å². The van der Waals surface area contributed by atoms with Gasteiger partial charge in [-0.15, -0.1) is 0 Å². The van der Waals surface area contributed by atoms with Crippen LogP contribution in [0, 0.1) is 5.92 Å². The van der Waals surface area contributed by atoms with Gasteiger partial charge >= 0.3 is 5.97 Å². The fourth-order valence-electron chi connectivity index (χ4n) is 3.61. The molecule has 0 amide bonds. The molecule has 2 aliphatic carbocycles. The third-order valence-corrected chi connectivity index (χ3v) is 4.50. The molecule has 0 spiro atoms. The molecule has 3 heteroatoms. The second-order valence-electron chi connectivity index (χ2n) is 5.92. The number of carbonyl (C=O) groups excluding carboxylic acids is 2. The Morgan fingerprint density at radius 2 is 1.95 bits per heavy atom. The molecule has 110 valence electrons. The molecule has 0 saturated heterocycles. The van der Waals surface area contributed by atoms with E-state index in [2.05, 4.69) is 12.1 Å². The molecule has 3 rings (SSSR count). The highest BCUT2D eigenvalue weighted by Crippen LogP contribution is 2.44. The molecule has 3 nitrogen and oxygen atoms in total. The molecule has 0 aliphatic heterocycles. The van der Waals surface area contributed by atoms with Gasteiger partial charge in [0, 0.05) is 13.3 Å². The Kier molecular flexibility index (Phi) is 3.91. The van der Waals surface area contributed by atoms with E-state index >= 15 is 0 Å². The zero-order chi connectivity index (χ0) is 14.8. The number of aryl methyl sites for hydroxylation is 1. The van der Waals surface area contributed by atoms with Crippen molar-refractivity contribution in [3.8, 4) is 0 Å². The number of fused-ring (bicyclic) bond motifs is 1. The van der Waals surface area contributed by atoms with Gasteiger partial charge < -0.3 is 4.74 Å². The number of ether oxygens (including phenoxy) is 1. The maximum Gasteiger partial charge on any atom is 0.303 e. The number of esters is 1. The maximum atomic E-state index is 12.2. The Hall–Kier alpha value is -1.90. The Morgan fingerprint density at radius 3 is 2.67 bits per heavy atom. The van der Waals surface area contributed by atoms with Gasteiger partial charge in [0.25, 0.3) is 0 Å². The number of rotatable bonds is 4. The molecule has 21 heavy (non-hydrogen) atoms. The van der Waals surface area contributed by atoms with Crippen molar-refractivity contribution >= 4 is 11.8 Å². The first kappa shape index (κ1) is 14.1. The molecule has 0 unspecified atom stereocenters. The summed E-state index contributed by atoms with van der Waals surface area (Å²) in [7, 11) is 0. The first-order valence-corrected chi connectivity index (χ1v) is 7.62. The number of allylic oxidation sites excluding steroid dienone is 1. The SMILES string of the molecule is CC(=O)O[C@@H]1CC[C@H]2CC(=O)C(CCc3ccccc3)=C21. The molecule has 0 bridgehead atoms. The van der Waals surface area contributed by atoms with Gasteiger partial charge in [0.1, 0.15) is 6.10 Å². The summed E-state index contributed by atoms with van der Waals surface area (Å²) in [5.41, 5.74) is 3.28. The van der Waals surface area contributed by atoms with Gasteiger partial charge in [0.15, 0.2) is 5.78 Å². The average molecular weight is 284 g/mol. The molecular weight excluding hydrogens is 264 g/mol. The third-order valence-electron chi connectivity index (χ3n) is 4.50. The predicted molar refractivity (Wildman–Crippen MR) is 79.7 cm³/mol. The summed E-state index contributed by atoms with van der Waals surface area (Å²) in [6, 6.07) is 10.2. The van der Waals surface area contributed by atoms with Gasteiger partial charge in [-0.2, -0.15) is 0 Å². The van der Waals surface area contributed by atoms with Crippen LogP contribution >= 0.6 is 0 Å². The first-order valence-electron chi connectivity index (χ1n) is 7.62. The van der Waals surface area contributed by atoms with Gasteiger partial charge in [-0.3, -0.25) is 9.59 Å². The van der Waals surface area contributed by atoms with Crippen molar-refractivity contribution in [3.05, 3.63) is 47.0 Å². The smallest absolute Gasteiger partial charge is 0.303 e. The third kappa shape index (κ3) is 2.92. The lowest BCUT2D eigenvalue weighted by Crippen LogP contribution is -2.16. The van der Waals surface area contributed by atoms with E-state index in [1.54, 1.807) is 0 Å². The van der Waals surface area contributed by atoms with Gasteiger partial charge in [-0.1, -0.05) is 30.3 Å². The van der Waals surface area contributed by atoms with E-state index in [0.717, 1.165) is 36.8 Å². The number of carbonyl (C=O) groups is 2. The predicted octanol–water partition coefficient (Wildman–Crippen LogP) is 3.23. The molecule has 0 aromatic heterocycles. The molecule has 0 N–H and O–H groups in total. The zero-order valence-corrected chi connectivity index (χ0v) is 12.3. The van der Waals surface area contributed by atoms with Crippen LogP contribution in [0.5, 0.6) is 0 Å². The topological polar surface area (TPSA) is 43.4 Å². The number of ketones is 1. The van der Waals surface area contributed by atoms with Crippen LogP contribution < -0.4 is 0 Å². The van der Waals surface area contributed by atoms with Crippen LogP contribution in [-0.4, -0.2) is 17.9 Å². The van der Waals surface area contributed by atoms with E-state index in [9.17, 15) is 9.59 Å². The quantitative estimate of drug-likeness (QED) is 0.797. The number of Topliss-reactive ketones (excluding diaryl/α,β-unsaturated/α-hetero) is 1. The molecule has 1 fully saturated rings. The molecule has 1 aromatic rings. The summed E-state index contributed by atoms with van der Waals surface area (Å²) >= 11 is 0. The Bertz CT molecular complexity index is 586. The largest absolute Gasteiger partial charge is 0.458 e. The second kappa shape index (κ2) is 5.84. The van der Waals surface area contributed by atoms with Crippen LogP contribution in [0.25, 0.3) is 0 Å². The van der Waals surface area contributed by atoms with Crippen LogP contribution in [-0.2, 0) is 20.7 Å². The van der Waals surface area contributed by atoms with Crippen molar-refractivity contribution in [3.63, 3.8) is 0 Å².